The summed E-state index contributed by atoms with van der Waals surface area (Å²) < 4.78 is 0. The van der Waals surface area contributed by atoms with Crippen molar-refractivity contribution in [1.82, 2.24) is 0 Å². The number of benzene rings is 2. The number of rotatable bonds is 16. The molecule has 224 valence electrons. The van der Waals surface area contributed by atoms with E-state index in [9.17, 15) is 0 Å². The molecule has 0 saturated heterocycles. The van der Waals surface area contributed by atoms with Gasteiger partial charge in [-0.3, -0.25) is 0 Å². The van der Waals surface area contributed by atoms with Crippen LogP contribution in [-0.4, -0.2) is 0 Å². The highest BCUT2D eigenvalue weighted by Gasteiger charge is 2.49. The summed E-state index contributed by atoms with van der Waals surface area (Å²) in [6, 6.07) is 19.1. The molecule has 0 aliphatic heterocycles. The number of hydrogen-bond acceptors (Lipinski definition) is 0. The van der Waals surface area contributed by atoms with Crippen molar-refractivity contribution in [2.24, 2.45) is 17.3 Å². The largest absolute Gasteiger partial charge is 0.0654 e. The highest BCUT2D eigenvalue weighted by Crippen LogP contribution is 2.63. The van der Waals surface area contributed by atoms with E-state index in [0.717, 1.165) is 0 Å². The number of hydrogen-bond donors (Lipinski definition) is 0. The summed E-state index contributed by atoms with van der Waals surface area (Å²) in [5.41, 5.74) is 13.4. The topological polar surface area (TPSA) is 0 Å². The Bertz CT molecular complexity index is 1110. The Morgan fingerprint density at radius 1 is 0.561 bits per heavy atom. The Labute approximate surface area is 254 Å². The summed E-state index contributed by atoms with van der Waals surface area (Å²) in [6.07, 6.45) is 15.6. The fourth-order valence-electron chi connectivity index (χ4n) is 8.39. The first kappa shape index (κ1) is 31.8. The molecule has 41 heavy (non-hydrogen) atoms. The average molecular weight is 553 g/mol. The van der Waals surface area contributed by atoms with Gasteiger partial charge in [-0.25, -0.2) is 0 Å². The van der Waals surface area contributed by atoms with Crippen molar-refractivity contribution >= 4 is 11.1 Å². The second-order valence-corrected chi connectivity index (χ2v) is 14.7. The second kappa shape index (κ2) is 14.4. The number of fused-ring (bicyclic) bond motifs is 2. The predicted octanol–water partition coefficient (Wildman–Crippen LogP) is 13.1. The molecule has 0 bridgehead atoms. The Hall–Kier alpha value is -2.08. The van der Waals surface area contributed by atoms with E-state index in [1.165, 1.54) is 77.0 Å². The summed E-state index contributed by atoms with van der Waals surface area (Å²) in [5.74, 6) is 2.28. The van der Waals surface area contributed by atoms with Gasteiger partial charge in [-0.05, 0) is 89.2 Å². The van der Waals surface area contributed by atoms with E-state index in [1.807, 2.05) is 0 Å². The van der Waals surface area contributed by atoms with E-state index in [-0.39, 0.29) is 5.41 Å². The van der Waals surface area contributed by atoms with Gasteiger partial charge in [0, 0.05) is 11.8 Å². The zero-order valence-corrected chi connectivity index (χ0v) is 27.9. The van der Waals surface area contributed by atoms with Gasteiger partial charge in [-0.1, -0.05) is 154 Å². The maximum Gasteiger partial charge on any atom is 0.0120 e. The summed E-state index contributed by atoms with van der Waals surface area (Å²) >= 11 is 0. The Morgan fingerprint density at radius 3 is 1.32 bits per heavy atom. The van der Waals surface area contributed by atoms with E-state index in [0.29, 0.717) is 23.7 Å². The maximum absolute atomic E-state index is 2.64. The van der Waals surface area contributed by atoms with Gasteiger partial charge in [-0.2, -0.15) is 0 Å². The lowest BCUT2D eigenvalue weighted by Gasteiger charge is -2.42. The van der Waals surface area contributed by atoms with Crippen LogP contribution < -0.4 is 0 Å². The fourth-order valence-corrected chi connectivity index (χ4v) is 8.39. The van der Waals surface area contributed by atoms with Gasteiger partial charge in [0.15, 0.2) is 0 Å². The third-order valence-electron chi connectivity index (χ3n) is 9.97. The summed E-state index contributed by atoms with van der Waals surface area (Å²) in [7, 11) is 0. The van der Waals surface area contributed by atoms with Crippen molar-refractivity contribution in [3.8, 4) is 0 Å². The zero-order chi connectivity index (χ0) is 29.6. The molecular weight excluding hydrogens is 492 g/mol. The van der Waals surface area contributed by atoms with Crippen molar-refractivity contribution in [3.05, 3.63) is 81.9 Å². The van der Waals surface area contributed by atoms with Crippen LogP contribution in [0.25, 0.3) is 11.1 Å². The minimum atomic E-state index is 0.0942. The lowest BCUT2D eigenvalue weighted by atomic mass is 9.61. The standard InChI is InChI=1S/C41H60/c1-9-11-13-15-21-33-31-23-17-19-25-35(31)39(37(33)27-29(3)4)41(7,8)40-36-26-20-18-24-32(36)34(22-16-14-12-10-2)38(40)28-30(5)6/h17-20,23-26,29-30,39-40H,9-16,21-22,27-28H2,1-8H3. The first-order chi connectivity index (χ1) is 19.7. The van der Waals surface area contributed by atoms with Gasteiger partial charge in [0.25, 0.3) is 0 Å². The van der Waals surface area contributed by atoms with Crippen molar-refractivity contribution in [3.63, 3.8) is 0 Å². The number of unbranched alkanes of at least 4 members (excludes halogenated alkanes) is 6. The Morgan fingerprint density at radius 2 is 0.951 bits per heavy atom. The molecule has 0 N–H and O–H groups in total. The Kier molecular flexibility index (Phi) is 11.2. The SMILES string of the molecule is CCCCCCC1=C(CC(C)C)C(C(C)(C)C2C(CC(C)C)=C(CCCCCC)c3ccccc32)c2ccccc21. The normalized spacial score (nSPS) is 18.7. The molecule has 2 aliphatic rings. The minimum Gasteiger partial charge on any atom is -0.0654 e. The first-order valence-electron chi connectivity index (χ1n) is 17.3. The molecule has 2 unspecified atom stereocenters. The molecule has 0 radical (unpaired) electrons. The van der Waals surface area contributed by atoms with Crippen molar-refractivity contribution in [1.29, 1.82) is 0 Å². The molecule has 0 saturated carbocycles. The van der Waals surface area contributed by atoms with Gasteiger partial charge in [0.2, 0.25) is 0 Å². The van der Waals surface area contributed by atoms with Crippen molar-refractivity contribution in [2.75, 3.05) is 0 Å². The summed E-state index contributed by atoms with van der Waals surface area (Å²) in [4.78, 5) is 0. The van der Waals surface area contributed by atoms with E-state index < -0.39 is 0 Å². The van der Waals surface area contributed by atoms with E-state index in [2.05, 4.69) is 104 Å². The molecule has 0 amide bonds. The molecule has 2 aromatic carbocycles. The third-order valence-corrected chi connectivity index (χ3v) is 9.97. The highest BCUT2D eigenvalue weighted by atomic mass is 14.5. The van der Waals surface area contributed by atoms with Crippen LogP contribution in [0.15, 0.2) is 59.7 Å². The first-order valence-corrected chi connectivity index (χ1v) is 17.3. The van der Waals surface area contributed by atoms with Crippen LogP contribution in [0.4, 0.5) is 0 Å². The van der Waals surface area contributed by atoms with Crippen LogP contribution in [0.3, 0.4) is 0 Å². The summed E-state index contributed by atoms with van der Waals surface area (Å²) in [5, 5.41) is 0. The van der Waals surface area contributed by atoms with Crippen molar-refractivity contribution in [2.45, 2.75) is 144 Å². The van der Waals surface area contributed by atoms with Crippen LogP contribution in [0, 0.1) is 17.3 Å². The molecule has 0 spiro atoms. The van der Waals surface area contributed by atoms with E-state index in [1.54, 1.807) is 44.5 Å². The van der Waals surface area contributed by atoms with Crippen LogP contribution >= 0.6 is 0 Å². The minimum absolute atomic E-state index is 0.0942. The van der Waals surface area contributed by atoms with Gasteiger partial charge >= 0.3 is 0 Å². The summed E-state index contributed by atoms with van der Waals surface area (Å²) in [6.45, 7) is 19.6. The molecular formula is C41H60. The fraction of sp³-hybridized carbons (Fsp3) is 0.610. The molecule has 0 heteroatoms. The van der Waals surface area contributed by atoms with Gasteiger partial charge in [-0.15, -0.1) is 0 Å². The third kappa shape index (κ3) is 6.95. The van der Waals surface area contributed by atoms with E-state index >= 15 is 0 Å². The quantitative estimate of drug-likeness (QED) is 0.182. The van der Waals surface area contributed by atoms with Gasteiger partial charge in [0.1, 0.15) is 0 Å². The van der Waals surface area contributed by atoms with Crippen LogP contribution in [0.5, 0.6) is 0 Å². The molecule has 2 aliphatic carbocycles. The van der Waals surface area contributed by atoms with Gasteiger partial charge in [0.05, 0.1) is 0 Å². The maximum atomic E-state index is 2.64. The highest BCUT2D eigenvalue weighted by molar-refractivity contribution is 5.81. The molecule has 0 heterocycles. The lowest BCUT2D eigenvalue weighted by molar-refractivity contribution is 0.262. The monoisotopic (exact) mass is 552 g/mol. The van der Waals surface area contributed by atoms with Crippen LogP contribution in [0.2, 0.25) is 0 Å². The van der Waals surface area contributed by atoms with E-state index in [4.69, 9.17) is 0 Å². The Balaban J connectivity index is 1.84. The molecule has 0 nitrogen and oxygen atoms in total. The lowest BCUT2D eigenvalue weighted by Crippen LogP contribution is -2.31. The predicted molar refractivity (Wildman–Crippen MR) is 182 cm³/mol. The van der Waals surface area contributed by atoms with Crippen LogP contribution in [0.1, 0.15) is 167 Å². The van der Waals surface area contributed by atoms with Crippen molar-refractivity contribution < 1.29 is 0 Å². The van der Waals surface area contributed by atoms with Crippen LogP contribution in [-0.2, 0) is 0 Å². The molecule has 4 rings (SSSR count). The molecule has 0 fully saturated rings. The van der Waals surface area contributed by atoms with Gasteiger partial charge < -0.3 is 0 Å². The average Bonchev–Trinajstić information content (AvgIpc) is 3.41. The molecule has 2 atom stereocenters. The smallest absolute Gasteiger partial charge is 0.0120 e. The second-order valence-electron chi connectivity index (χ2n) is 14.7. The molecule has 0 aromatic heterocycles. The zero-order valence-electron chi connectivity index (χ0n) is 27.9. The molecule has 2 aromatic rings. The number of allylic oxidation sites excluding steroid dienone is 4.